The summed E-state index contributed by atoms with van der Waals surface area (Å²) >= 11 is 0. The Kier molecular flexibility index (Phi) is 4.28. The molecule has 0 atom stereocenters. The summed E-state index contributed by atoms with van der Waals surface area (Å²) in [5.41, 5.74) is 1.35. The number of amides is 1. The van der Waals surface area contributed by atoms with Crippen molar-refractivity contribution in [2.45, 2.75) is 25.7 Å². The van der Waals surface area contributed by atoms with Gasteiger partial charge in [0.1, 0.15) is 12.1 Å². The Bertz CT molecular complexity index is 867. The van der Waals surface area contributed by atoms with E-state index in [1.165, 1.54) is 19.2 Å². The zero-order chi connectivity index (χ0) is 17.1. The highest BCUT2D eigenvalue weighted by atomic mass is 16.5. The van der Waals surface area contributed by atoms with E-state index < -0.39 is 0 Å². The smallest absolute Gasteiger partial charge is 0.253 e. The van der Waals surface area contributed by atoms with Crippen LogP contribution in [0.2, 0.25) is 0 Å². The van der Waals surface area contributed by atoms with Crippen molar-refractivity contribution >= 4 is 11.6 Å². The Morgan fingerprint density at radius 2 is 1.72 bits per heavy atom. The third-order valence-electron chi connectivity index (χ3n) is 4.35. The molecule has 7 heteroatoms. The van der Waals surface area contributed by atoms with Gasteiger partial charge in [0.2, 0.25) is 5.88 Å². The van der Waals surface area contributed by atoms with E-state index in [4.69, 9.17) is 4.74 Å². The monoisotopic (exact) mass is 337 g/mol. The Labute approximate surface area is 145 Å². The van der Waals surface area contributed by atoms with Crippen LogP contribution in [0.1, 0.15) is 36.0 Å². The number of carbonyl (C=O) groups is 1. The lowest BCUT2D eigenvalue weighted by atomic mass is 10.2. The van der Waals surface area contributed by atoms with E-state index in [0.717, 1.165) is 25.9 Å². The van der Waals surface area contributed by atoms with E-state index in [1.54, 1.807) is 40.9 Å². The summed E-state index contributed by atoms with van der Waals surface area (Å²) in [6.07, 6.45) is 6.11. The van der Waals surface area contributed by atoms with Gasteiger partial charge < -0.3 is 9.64 Å². The van der Waals surface area contributed by atoms with Crippen LogP contribution in [0.4, 0.5) is 0 Å². The predicted octanol–water partition coefficient (Wildman–Crippen LogP) is 2.93. The summed E-state index contributed by atoms with van der Waals surface area (Å²) in [6.45, 7) is 1.69. The van der Waals surface area contributed by atoms with E-state index in [0.29, 0.717) is 22.8 Å². The Balaban J connectivity index is 1.46. The SMILES string of the molecule is O=C(c1ccc(Oc2ccc3nncn3n2)cc1)N1CCCCCC1. The first-order valence-electron chi connectivity index (χ1n) is 8.54. The second kappa shape index (κ2) is 6.88. The van der Waals surface area contributed by atoms with Crippen LogP contribution in [0.3, 0.4) is 0 Å². The van der Waals surface area contributed by atoms with Gasteiger partial charge in [0.05, 0.1) is 0 Å². The number of nitrogens with zero attached hydrogens (tertiary/aromatic N) is 5. The molecule has 0 saturated carbocycles. The number of likely N-dealkylation sites (tertiary alicyclic amines) is 1. The minimum absolute atomic E-state index is 0.0949. The summed E-state index contributed by atoms with van der Waals surface area (Å²) in [6, 6.07) is 10.7. The molecule has 1 aliphatic rings. The maximum Gasteiger partial charge on any atom is 0.253 e. The molecule has 2 aromatic heterocycles. The fourth-order valence-electron chi connectivity index (χ4n) is 3.01. The molecule has 4 rings (SSSR count). The highest BCUT2D eigenvalue weighted by Gasteiger charge is 2.17. The van der Waals surface area contributed by atoms with Crippen LogP contribution in [-0.4, -0.2) is 43.7 Å². The highest BCUT2D eigenvalue weighted by molar-refractivity contribution is 5.94. The molecular formula is C18H19N5O2. The molecule has 0 bridgehead atoms. The number of carbonyl (C=O) groups excluding carboxylic acids is 1. The molecule has 0 aliphatic carbocycles. The van der Waals surface area contributed by atoms with Gasteiger partial charge in [0.15, 0.2) is 5.65 Å². The lowest BCUT2D eigenvalue weighted by Crippen LogP contribution is -2.31. The first kappa shape index (κ1) is 15.6. The number of rotatable bonds is 3. The average molecular weight is 337 g/mol. The third-order valence-corrected chi connectivity index (χ3v) is 4.35. The summed E-state index contributed by atoms with van der Waals surface area (Å²) in [7, 11) is 0. The summed E-state index contributed by atoms with van der Waals surface area (Å²) in [4.78, 5) is 14.5. The number of ether oxygens (including phenoxy) is 1. The minimum Gasteiger partial charge on any atom is -0.438 e. The van der Waals surface area contributed by atoms with Crippen molar-refractivity contribution in [3.05, 3.63) is 48.3 Å². The van der Waals surface area contributed by atoms with Crippen molar-refractivity contribution in [3.63, 3.8) is 0 Å². The molecule has 1 aliphatic heterocycles. The van der Waals surface area contributed by atoms with Crippen molar-refractivity contribution in [2.24, 2.45) is 0 Å². The van der Waals surface area contributed by atoms with Crippen molar-refractivity contribution in [1.82, 2.24) is 24.7 Å². The van der Waals surface area contributed by atoms with Crippen LogP contribution in [0.15, 0.2) is 42.7 Å². The van der Waals surface area contributed by atoms with Gasteiger partial charge >= 0.3 is 0 Å². The lowest BCUT2D eigenvalue weighted by Gasteiger charge is -2.20. The zero-order valence-corrected chi connectivity index (χ0v) is 13.8. The molecule has 1 amide bonds. The molecule has 25 heavy (non-hydrogen) atoms. The maximum atomic E-state index is 12.6. The van der Waals surface area contributed by atoms with Crippen molar-refractivity contribution in [1.29, 1.82) is 0 Å². The average Bonchev–Trinajstić information content (AvgIpc) is 2.94. The molecule has 1 fully saturated rings. The van der Waals surface area contributed by atoms with Gasteiger partial charge in [0, 0.05) is 24.7 Å². The van der Waals surface area contributed by atoms with Crippen LogP contribution >= 0.6 is 0 Å². The first-order chi connectivity index (χ1) is 12.3. The van der Waals surface area contributed by atoms with Crippen LogP contribution in [0, 0.1) is 0 Å². The molecule has 0 radical (unpaired) electrons. The molecule has 7 nitrogen and oxygen atoms in total. The van der Waals surface area contributed by atoms with E-state index in [-0.39, 0.29) is 5.91 Å². The van der Waals surface area contributed by atoms with Crippen molar-refractivity contribution in [2.75, 3.05) is 13.1 Å². The molecule has 128 valence electrons. The van der Waals surface area contributed by atoms with Crippen LogP contribution in [0.25, 0.3) is 5.65 Å². The van der Waals surface area contributed by atoms with Gasteiger partial charge in [-0.2, -0.15) is 4.52 Å². The molecule has 0 spiro atoms. The topological polar surface area (TPSA) is 72.6 Å². The number of benzene rings is 1. The van der Waals surface area contributed by atoms with E-state index in [9.17, 15) is 4.79 Å². The summed E-state index contributed by atoms with van der Waals surface area (Å²) in [5.74, 6) is 1.17. The largest absolute Gasteiger partial charge is 0.438 e. The molecular weight excluding hydrogens is 318 g/mol. The van der Waals surface area contributed by atoms with Crippen LogP contribution in [0.5, 0.6) is 11.6 Å². The van der Waals surface area contributed by atoms with Gasteiger partial charge in [-0.25, -0.2) is 0 Å². The van der Waals surface area contributed by atoms with Gasteiger partial charge in [0.25, 0.3) is 5.91 Å². The van der Waals surface area contributed by atoms with Gasteiger partial charge in [-0.3, -0.25) is 4.79 Å². The molecule has 3 heterocycles. The molecule has 0 N–H and O–H groups in total. The number of fused-ring (bicyclic) bond motifs is 1. The number of hydrogen-bond acceptors (Lipinski definition) is 5. The Morgan fingerprint density at radius 3 is 2.48 bits per heavy atom. The molecule has 1 saturated heterocycles. The van der Waals surface area contributed by atoms with Crippen molar-refractivity contribution in [3.8, 4) is 11.6 Å². The first-order valence-corrected chi connectivity index (χ1v) is 8.54. The fourth-order valence-corrected chi connectivity index (χ4v) is 3.01. The van der Waals surface area contributed by atoms with Crippen LogP contribution in [-0.2, 0) is 0 Å². The highest BCUT2D eigenvalue weighted by Crippen LogP contribution is 2.21. The third kappa shape index (κ3) is 3.45. The maximum absolute atomic E-state index is 12.6. The van der Waals surface area contributed by atoms with Crippen molar-refractivity contribution < 1.29 is 9.53 Å². The number of hydrogen-bond donors (Lipinski definition) is 0. The molecule has 1 aromatic carbocycles. The quantitative estimate of drug-likeness (QED) is 0.735. The Morgan fingerprint density at radius 1 is 0.960 bits per heavy atom. The number of aromatic nitrogens is 4. The van der Waals surface area contributed by atoms with Gasteiger partial charge in [-0.15, -0.1) is 15.3 Å². The van der Waals surface area contributed by atoms with Gasteiger partial charge in [-0.1, -0.05) is 12.8 Å². The standard InChI is InChI=1S/C18H19N5O2/c24-18(22-11-3-1-2-4-12-22)14-5-7-15(8-6-14)25-17-10-9-16-20-19-13-23(16)21-17/h5-10,13H,1-4,11-12H2. The fraction of sp³-hybridized carbons (Fsp3) is 0.333. The predicted molar refractivity (Wildman–Crippen MR) is 91.7 cm³/mol. The van der Waals surface area contributed by atoms with E-state index in [2.05, 4.69) is 15.3 Å². The second-order valence-electron chi connectivity index (χ2n) is 6.14. The van der Waals surface area contributed by atoms with E-state index in [1.807, 2.05) is 4.90 Å². The van der Waals surface area contributed by atoms with Crippen LogP contribution < -0.4 is 4.74 Å². The second-order valence-corrected chi connectivity index (χ2v) is 6.14. The lowest BCUT2D eigenvalue weighted by molar-refractivity contribution is 0.0761. The summed E-state index contributed by atoms with van der Waals surface area (Å²) in [5, 5.41) is 12.0. The Hall–Kier alpha value is -2.96. The zero-order valence-electron chi connectivity index (χ0n) is 13.8. The van der Waals surface area contributed by atoms with E-state index >= 15 is 0 Å². The molecule has 0 unspecified atom stereocenters. The van der Waals surface area contributed by atoms with Gasteiger partial charge in [-0.05, 0) is 43.2 Å². The summed E-state index contributed by atoms with van der Waals surface area (Å²) < 4.78 is 7.29. The normalized spacial score (nSPS) is 15.1. The minimum atomic E-state index is 0.0949. The molecule has 3 aromatic rings.